The van der Waals surface area contributed by atoms with E-state index in [1.54, 1.807) is 25.4 Å². The van der Waals surface area contributed by atoms with E-state index in [9.17, 15) is 9.90 Å². The second-order valence-electron chi connectivity index (χ2n) is 5.67. The number of aromatic nitrogens is 4. The summed E-state index contributed by atoms with van der Waals surface area (Å²) >= 11 is 0. The molecule has 3 aromatic heterocycles. The highest BCUT2D eigenvalue weighted by Crippen LogP contribution is 2.32. The summed E-state index contributed by atoms with van der Waals surface area (Å²) in [5.74, 6) is 0.493. The van der Waals surface area contributed by atoms with Crippen molar-refractivity contribution in [1.82, 2.24) is 19.6 Å². The zero-order valence-electron chi connectivity index (χ0n) is 13.4. The zero-order valence-corrected chi connectivity index (χ0v) is 13.4. The van der Waals surface area contributed by atoms with Gasteiger partial charge in [-0.2, -0.15) is 9.61 Å². The summed E-state index contributed by atoms with van der Waals surface area (Å²) in [5, 5.41) is 19.5. The van der Waals surface area contributed by atoms with Gasteiger partial charge in [-0.1, -0.05) is 0 Å². The number of carboxylic acid groups (broad SMARTS) is 1. The molecule has 3 N–H and O–H groups in total. The lowest BCUT2D eigenvalue weighted by Crippen LogP contribution is -2.07. The lowest BCUT2D eigenvalue weighted by atomic mass is 10.3. The number of fused-ring (bicyclic) bond motifs is 1. The van der Waals surface area contributed by atoms with Gasteiger partial charge in [-0.3, -0.25) is 0 Å². The van der Waals surface area contributed by atoms with Crippen LogP contribution < -0.4 is 15.4 Å². The SMILES string of the molecule is CNc1cc(Nc2cccnc2OC2CC2)nc2c(C(=O)O)cnn12. The summed E-state index contributed by atoms with van der Waals surface area (Å²) in [7, 11) is 1.73. The molecule has 3 aromatic rings. The van der Waals surface area contributed by atoms with Crippen molar-refractivity contribution >= 4 is 28.9 Å². The van der Waals surface area contributed by atoms with Crippen molar-refractivity contribution in [2.45, 2.75) is 18.9 Å². The molecule has 0 amide bonds. The Labute approximate surface area is 142 Å². The van der Waals surface area contributed by atoms with Crippen molar-refractivity contribution in [1.29, 1.82) is 0 Å². The predicted molar refractivity (Wildman–Crippen MR) is 90.7 cm³/mol. The van der Waals surface area contributed by atoms with Crippen LogP contribution in [0.15, 0.2) is 30.6 Å². The predicted octanol–water partition coefficient (Wildman–Crippen LogP) is 2.15. The molecule has 128 valence electrons. The maximum Gasteiger partial charge on any atom is 0.341 e. The minimum absolute atomic E-state index is 0.0285. The van der Waals surface area contributed by atoms with E-state index in [-0.39, 0.29) is 17.3 Å². The first-order valence-electron chi connectivity index (χ1n) is 7.84. The molecule has 0 saturated heterocycles. The van der Waals surface area contributed by atoms with Crippen molar-refractivity contribution in [3.8, 4) is 5.88 Å². The Kier molecular flexibility index (Phi) is 3.60. The van der Waals surface area contributed by atoms with Gasteiger partial charge in [0.05, 0.1) is 6.20 Å². The summed E-state index contributed by atoms with van der Waals surface area (Å²) in [4.78, 5) is 20.0. The number of ether oxygens (including phenoxy) is 1. The van der Waals surface area contributed by atoms with Gasteiger partial charge in [0.15, 0.2) is 5.65 Å². The van der Waals surface area contributed by atoms with Gasteiger partial charge in [-0.05, 0) is 25.0 Å². The van der Waals surface area contributed by atoms with E-state index in [0.717, 1.165) is 12.8 Å². The molecule has 0 unspecified atom stereocenters. The summed E-state index contributed by atoms with van der Waals surface area (Å²) in [5.41, 5.74) is 0.945. The number of carboxylic acids is 1. The molecular formula is C16H16N6O3. The standard InChI is InChI=1S/C16H16N6O3/c1-17-13-7-12(21-14-10(16(23)24)8-19-22(13)14)20-11-3-2-6-18-15(11)25-9-4-5-9/h2-3,6-9,17H,4-5H2,1H3,(H,20,21)(H,23,24). The van der Waals surface area contributed by atoms with Gasteiger partial charge in [0.1, 0.15) is 29.0 Å². The maximum absolute atomic E-state index is 11.4. The van der Waals surface area contributed by atoms with Gasteiger partial charge in [0.2, 0.25) is 5.88 Å². The fourth-order valence-corrected chi connectivity index (χ4v) is 2.42. The van der Waals surface area contributed by atoms with Crippen LogP contribution in [0.3, 0.4) is 0 Å². The van der Waals surface area contributed by atoms with Crippen LogP contribution in [0.1, 0.15) is 23.2 Å². The Bertz CT molecular complexity index is 950. The van der Waals surface area contributed by atoms with Gasteiger partial charge >= 0.3 is 5.97 Å². The van der Waals surface area contributed by atoms with E-state index >= 15 is 0 Å². The fraction of sp³-hybridized carbons (Fsp3) is 0.250. The number of rotatable bonds is 6. The zero-order chi connectivity index (χ0) is 17.4. The first-order chi connectivity index (χ1) is 12.2. The lowest BCUT2D eigenvalue weighted by molar-refractivity contribution is 0.0699. The Morgan fingerprint density at radius 3 is 3.00 bits per heavy atom. The van der Waals surface area contributed by atoms with Gasteiger partial charge in [0, 0.05) is 19.3 Å². The van der Waals surface area contributed by atoms with E-state index in [1.807, 2.05) is 6.07 Å². The Morgan fingerprint density at radius 2 is 2.28 bits per heavy atom. The van der Waals surface area contributed by atoms with Crippen LogP contribution in [0, 0.1) is 0 Å². The Hall–Kier alpha value is -3.36. The first kappa shape index (κ1) is 15.2. The summed E-state index contributed by atoms with van der Waals surface area (Å²) in [6, 6.07) is 5.37. The van der Waals surface area contributed by atoms with Crippen molar-refractivity contribution in [2.75, 3.05) is 17.7 Å². The fourth-order valence-electron chi connectivity index (χ4n) is 2.42. The molecule has 0 spiro atoms. The molecular weight excluding hydrogens is 324 g/mol. The minimum atomic E-state index is -1.08. The van der Waals surface area contributed by atoms with Crippen LogP contribution in [0.25, 0.3) is 5.65 Å². The monoisotopic (exact) mass is 340 g/mol. The first-order valence-corrected chi connectivity index (χ1v) is 7.84. The van der Waals surface area contributed by atoms with Crippen LogP contribution in [0.4, 0.5) is 17.3 Å². The highest BCUT2D eigenvalue weighted by Gasteiger charge is 2.25. The van der Waals surface area contributed by atoms with Crippen LogP contribution in [-0.2, 0) is 0 Å². The molecule has 0 aromatic carbocycles. The van der Waals surface area contributed by atoms with Crippen molar-refractivity contribution in [3.05, 3.63) is 36.2 Å². The molecule has 1 saturated carbocycles. The molecule has 1 fully saturated rings. The van der Waals surface area contributed by atoms with E-state index in [1.165, 1.54) is 10.7 Å². The number of nitrogens with zero attached hydrogens (tertiary/aromatic N) is 4. The van der Waals surface area contributed by atoms with Gasteiger partial charge in [0.25, 0.3) is 0 Å². The van der Waals surface area contributed by atoms with Crippen molar-refractivity contribution < 1.29 is 14.6 Å². The molecule has 3 heterocycles. The summed E-state index contributed by atoms with van der Waals surface area (Å²) < 4.78 is 7.23. The molecule has 1 aliphatic rings. The molecule has 0 atom stereocenters. The molecule has 25 heavy (non-hydrogen) atoms. The lowest BCUT2D eigenvalue weighted by Gasteiger charge is -2.12. The number of nitrogens with one attached hydrogen (secondary N) is 2. The summed E-state index contributed by atoms with van der Waals surface area (Å²) in [6.07, 6.45) is 5.22. The molecule has 0 aliphatic heterocycles. The smallest absolute Gasteiger partial charge is 0.341 e. The average Bonchev–Trinajstić information content (AvgIpc) is 3.31. The second kappa shape index (κ2) is 5.93. The van der Waals surface area contributed by atoms with Crippen molar-refractivity contribution in [3.63, 3.8) is 0 Å². The van der Waals surface area contributed by atoms with Crippen LogP contribution in [0.2, 0.25) is 0 Å². The number of anilines is 3. The largest absolute Gasteiger partial charge is 0.477 e. The number of pyridine rings is 1. The van der Waals surface area contributed by atoms with E-state index in [0.29, 0.717) is 23.2 Å². The van der Waals surface area contributed by atoms with E-state index < -0.39 is 5.97 Å². The summed E-state index contributed by atoms with van der Waals surface area (Å²) in [6.45, 7) is 0. The highest BCUT2D eigenvalue weighted by atomic mass is 16.5. The Morgan fingerprint density at radius 1 is 1.44 bits per heavy atom. The van der Waals surface area contributed by atoms with E-state index in [4.69, 9.17) is 4.74 Å². The van der Waals surface area contributed by atoms with E-state index in [2.05, 4.69) is 25.7 Å². The number of hydrogen-bond donors (Lipinski definition) is 3. The third-order valence-electron chi connectivity index (χ3n) is 3.79. The van der Waals surface area contributed by atoms with Gasteiger partial charge in [-0.15, -0.1) is 0 Å². The van der Waals surface area contributed by atoms with Gasteiger partial charge in [-0.25, -0.2) is 14.8 Å². The molecule has 0 radical (unpaired) electrons. The average molecular weight is 340 g/mol. The molecule has 0 bridgehead atoms. The van der Waals surface area contributed by atoms with Gasteiger partial charge < -0.3 is 20.5 Å². The highest BCUT2D eigenvalue weighted by molar-refractivity contribution is 5.94. The normalized spacial score (nSPS) is 13.6. The number of aromatic carboxylic acids is 1. The second-order valence-corrected chi connectivity index (χ2v) is 5.67. The number of hydrogen-bond acceptors (Lipinski definition) is 7. The van der Waals surface area contributed by atoms with Crippen LogP contribution >= 0.6 is 0 Å². The maximum atomic E-state index is 11.4. The van der Waals surface area contributed by atoms with Crippen molar-refractivity contribution in [2.24, 2.45) is 0 Å². The number of carbonyl (C=O) groups is 1. The third kappa shape index (κ3) is 2.91. The Balaban J connectivity index is 1.74. The molecule has 1 aliphatic carbocycles. The molecule has 9 nitrogen and oxygen atoms in total. The topological polar surface area (TPSA) is 114 Å². The van der Waals surface area contributed by atoms with Crippen LogP contribution in [-0.4, -0.2) is 43.8 Å². The molecule has 4 rings (SSSR count). The molecule has 9 heteroatoms. The van der Waals surface area contributed by atoms with Crippen LogP contribution in [0.5, 0.6) is 5.88 Å². The quantitative estimate of drug-likeness (QED) is 0.625. The third-order valence-corrected chi connectivity index (χ3v) is 3.79. The minimum Gasteiger partial charge on any atom is -0.477 e.